The molecule has 9 rings (SSSR count). The second kappa shape index (κ2) is 18.2. The van der Waals surface area contributed by atoms with Crippen LogP contribution in [0.25, 0.3) is 21.8 Å². The number of nitrogens with one attached hydrogen (secondary N) is 6. The van der Waals surface area contributed by atoms with Gasteiger partial charge in [-0.3, -0.25) is 28.8 Å². The number of nitrogens with two attached hydrogens (primary N) is 1. The second-order valence-corrected chi connectivity index (χ2v) is 18.6. The molecule has 3 saturated heterocycles. The number of carbonyl (C=O) groups is 6. The predicted octanol–water partition coefficient (Wildman–Crippen LogP) is 3.61. The average molecular weight is 860 g/mol. The van der Waals surface area contributed by atoms with E-state index in [4.69, 9.17) is 5.73 Å². The number of nitrogens with zero attached hydrogens (tertiary/aromatic N) is 2. The molecule has 2 saturated carbocycles. The van der Waals surface area contributed by atoms with Crippen molar-refractivity contribution in [2.24, 2.45) is 11.7 Å². The van der Waals surface area contributed by atoms with E-state index in [-0.39, 0.29) is 43.7 Å². The highest BCUT2D eigenvalue weighted by Crippen LogP contribution is 2.41. The maximum Gasteiger partial charge on any atom is 0.246 e. The molecule has 2 aromatic carbocycles. The second-order valence-electron chi connectivity index (χ2n) is 18.6. The summed E-state index contributed by atoms with van der Waals surface area (Å²) < 4.78 is 0. The molecule has 2 aromatic heterocycles. The standard InChI is InChI=1S/C48H61N9O6/c49-22-19-36-45(61)56-23-11-18-40(56)46(62)57-39-17-8-3-12-29(39)26-41(57)44(60)53-38(25-31-28-51-35-16-7-5-14-33(31)35)43(59)55-48(20-9-1-2-10-21-48)47(63)54-37(42(58)52-36)24-30-27-50-34-15-6-4-13-32(30)34/h4-7,13-16,27-29,36-41,50-51H,1-3,8-12,17-26,49H2,(H,52,58)(H,53,60)(H,54,63)(H,55,59)/t29-,36+,37+,38+,39-,40-,41-/m1/s1. The predicted molar refractivity (Wildman–Crippen MR) is 238 cm³/mol. The van der Waals surface area contributed by atoms with Gasteiger partial charge in [-0.1, -0.05) is 74.9 Å². The lowest BCUT2D eigenvalue weighted by molar-refractivity contribution is -0.150. The molecule has 8 N–H and O–H groups in total. The highest BCUT2D eigenvalue weighted by Gasteiger charge is 2.52. The number of H-pyrrole nitrogens is 2. The van der Waals surface area contributed by atoms with Gasteiger partial charge in [0.05, 0.1) is 0 Å². The topological polar surface area (TPSA) is 215 Å². The van der Waals surface area contributed by atoms with Gasteiger partial charge in [0.25, 0.3) is 0 Å². The molecule has 15 nitrogen and oxygen atoms in total. The third-order valence-electron chi connectivity index (χ3n) is 14.7. The van der Waals surface area contributed by atoms with Crippen LogP contribution in [-0.4, -0.2) is 110 Å². The number of amides is 6. The van der Waals surface area contributed by atoms with Crippen LogP contribution >= 0.6 is 0 Å². The van der Waals surface area contributed by atoms with E-state index in [1.807, 2.05) is 60.9 Å². The van der Waals surface area contributed by atoms with Crippen molar-refractivity contribution in [3.05, 3.63) is 72.1 Å². The van der Waals surface area contributed by atoms with Gasteiger partial charge in [-0.05, 0) is 87.1 Å². The van der Waals surface area contributed by atoms with Gasteiger partial charge in [0.2, 0.25) is 35.4 Å². The number of aromatic nitrogens is 2. The number of para-hydroxylation sites is 2. The highest BCUT2D eigenvalue weighted by atomic mass is 16.2. The van der Waals surface area contributed by atoms with Crippen LogP contribution in [0.3, 0.4) is 0 Å². The normalized spacial score (nSPS) is 28.7. The van der Waals surface area contributed by atoms with Gasteiger partial charge in [-0.25, -0.2) is 0 Å². The number of rotatable bonds is 6. The number of hydrogen-bond acceptors (Lipinski definition) is 7. The fraction of sp³-hybridized carbons (Fsp3) is 0.542. The van der Waals surface area contributed by atoms with Gasteiger partial charge >= 0.3 is 0 Å². The molecule has 63 heavy (non-hydrogen) atoms. The summed E-state index contributed by atoms with van der Waals surface area (Å²) in [6.07, 6.45) is 12.8. The molecule has 5 heterocycles. The van der Waals surface area contributed by atoms with E-state index in [0.29, 0.717) is 51.5 Å². The Hall–Kier alpha value is -5.70. The minimum absolute atomic E-state index is 0.0929. The SMILES string of the molecule is NCC[C@@H]1NC(=O)[C@H](Cc2c[nH]c3ccccc23)NC(=O)C2(CCCCCC2)NC(=O)[C@H](Cc2c[nH]c3ccccc23)NC(=O)[C@H]2C[C@H]3CCCC[C@H]3N2C(=O)[C@H]2CCCN2C1=O. The smallest absolute Gasteiger partial charge is 0.246 e. The Labute approximate surface area is 367 Å². The van der Waals surface area contributed by atoms with Gasteiger partial charge in [-0.2, -0.15) is 0 Å². The molecule has 0 bridgehead atoms. The number of fused-ring (bicyclic) bond motifs is 6. The van der Waals surface area contributed by atoms with Crippen molar-refractivity contribution in [3.8, 4) is 0 Å². The Morgan fingerprint density at radius 3 is 1.90 bits per heavy atom. The molecule has 4 aromatic rings. The van der Waals surface area contributed by atoms with Crippen LogP contribution in [0, 0.1) is 5.92 Å². The summed E-state index contributed by atoms with van der Waals surface area (Å²) >= 11 is 0. The van der Waals surface area contributed by atoms with E-state index < -0.39 is 65.3 Å². The quantitative estimate of drug-likeness (QED) is 0.153. The number of hydrogen-bond donors (Lipinski definition) is 7. The van der Waals surface area contributed by atoms with E-state index >= 15 is 14.4 Å². The van der Waals surface area contributed by atoms with Crippen LogP contribution in [0.5, 0.6) is 0 Å². The minimum Gasteiger partial charge on any atom is -0.361 e. The first-order valence-electron chi connectivity index (χ1n) is 23.3. The van der Waals surface area contributed by atoms with E-state index in [2.05, 4.69) is 31.2 Å². The summed E-state index contributed by atoms with van der Waals surface area (Å²) in [5.41, 5.74) is 8.07. The van der Waals surface area contributed by atoms with Crippen LogP contribution in [0.15, 0.2) is 60.9 Å². The maximum atomic E-state index is 15.1. The Morgan fingerprint density at radius 1 is 0.619 bits per heavy atom. The molecule has 7 atom stereocenters. The summed E-state index contributed by atoms with van der Waals surface area (Å²) in [7, 11) is 0. The molecule has 5 fully saturated rings. The van der Waals surface area contributed by atoms with Crippen molar-refractivity contribution < 1.29 is 28.8 Å². The molecular weight excluding hydrogens is 799 g/mol. The molecule has 0 radical (unpaired) electrons. The van der Waals surface area contributed by atoms with Crippen LogP contribution in [0.1, 0.15) is 101 Å². The Bertz CT molecular complexity index is 2360. The highest BCUT2D eigenvalue weighted by molar-refractivity contribution is 6.00. The summed E-state index contributed by atoms with van der Waals surface area (Å²) in [5.74, 6) is -2.55. The summed E-state index contributed by atoms with van der Waals surface area (Å²) in [5, 5.41) is 14.2. The van der Waals surface area contributed by atoms with Crippen molar-refractivity contribution in [1.29, 1.82) is 0 Å². The molecule has 2 aliphatic carbocycles. The molecule has 3 aliphatic heterocycles. The third kappa shape index (κ3) is 8.43. The fourth-order valence-corrected chi connectivity index (χ4v) is 11.5. The lowest BCUT2D eigenvalue weighted by Gasteiger charge is -2.38. The van der Waals surface area contributed by atoms with Crippen molar-refractivity contribution in [1.82, 2.24) is 41.0 Å². The fourth-order valence-electron chi connectivity index (χ4n) is 11.5. The summed E-state index contributed by atoms with van der Waals surface area (Å²) in [6.45, 7) is 0.408. The number of carbonyl (C=O) groups excluding carboxylic acids is 6. The molecule has 334 valence electrons. The van der Waals surface area contributed by atoms with Crippen molar-refractivity contribution in [2.45, 2.75) is 145 Å². The Balaban J connectivity index is 1.13. The number of aromatic amines is 2. The Morgan fingerprint density at radius 2 is 1.24 bits per heavy atom. The van der Waals surface area contributed by atoms with Crippen LogP contribution in [-0.2, 0) is 41.6 Å². The number of benzene rings is 2. The average Bonchev–Trinajstić information content (AvgIpc) is 4.09. The van der Waals surface area contributed by atoms with E-state index in [9.17, 15) is 14.4 Å². The van der Waals surface area contributed by atoms with Gasteiger partial charge in [0.1, 0.15) is 35.7 Å². The maximum absolute atomic E-state index is 15.1. The van der Waals surface area contributed by atoms with Crippen LogP contribution in [0.4, 0.5) is 0 Å². The zero-order chi connectivity index (χ0) is 43.7. The molecule has 15 heteroatoms. The molecule has 0 unspecified atom stereocenters. The van der Waals surface area contributed by atoms with Crippen molar-refractivity contribution in [3.63, 3.8) is 0 Å². The molecule has 6 amide bonds. The van der Waals surface area contributed by atoms with Gasteiger partial charge in [0, 0.05) is 59.6 Å². The minimum atomic E-state index is -1.40. The summed E-state index contributed by atoms with van der Waals surface area (Å²) in [4.78, 5) is 99.4. The first kappa shape index (κ1) is 42.6. The lowest BCUT2D eigenvalue weighted by Crippen LogP contribution is -2.66. The summed E-state index contributed by atoms with van der Waals surface area (Å²) in [6, 6.07) is 10.3. The van der Waals surface area contributed by atoms with E-state index in [1.165, 1.54) is 0 Å². The van der Waals surface area contributed by atoms with Gasteiger partial charge in [-0.15, -0.1) is 0 Å². The monoisotopic (exact) mass is 859 g/mol. The third-order valence-corrected chi connectivity index (χ3v) is 14.7. The van der Waals surface area contributed by atoms with Crippen LogP contribution in [0.2, 0.25) is 0 Å². The van der Waals surface area contributed by atoms with Gasteiger partial charge < -0.3 is 46.8 Å². The molecule has 5 aliphatic rings. The van der Waals surface area contributed by atoms with Gasteiger partial charge in [0.15, 0.2) is 0 Å². The zero-order valence-corrected chi connectivity index (χ0v) is 36.0. The van der Waals surface area contributed by atoms with E-state index in [1.54, 1.807) is 9.80 Å². The van der Waals surface area contributed by atoms with E-state index in [0.717, 1.165) is 71.5 Å². The van der Waals surface area contributed by atoms with Crippen molar-refractivity contribution >= 4 is 57.2 Å². The van der Waals surface area contributed by atoms with Crippen LogP contribution < -0.4 is 27.0 Å². The first-order chi connectivity index (χ1) is 30.6. The Kier molecular flexibility index (Phi) is 12.3. The largest absolute Gasteiger partial charge is 0.361 e. The zero-order valence-electron chi connectivity index (χ0n) is 36.0. The van der Waals surface area contributed by atoms with Crippen molar-refractivity contribution in [2.75, 3.05) is 13.1 Å². The first-order valence-corrected chi connectivity index (χ1v) is 23.3. The molecule has 1 spiro atoms. The lowest BCUT2D eigenvalue weighted by atomic mass is 9.84. The molecular formula is C48H61N9O6.